The van der Waals surface area contributed by atoms with Crippen LogP contribution in [-0.4, -0.2) is 53.6 Å². The molecule has 0 radical (unpaired) electrons. The number of ether oxygens (including phenoxy) is 2. The van der Waals surface area contributed by atoms with Crippen molar-refractivity contribution in [3.05, 3.63) is 59.2 Å². The highest BCUT2D eigenvalue weighted by molar-refractivity contribution is 6.07. The third kappa shape index (κ3) is 5.84. The molecule has 3 amide bonds. The summed E-state index contributed by atoms with van der Waals surface area (Å²) in [6, 6.07) is 7.95. The first-order chi connectivity index (χ1) is 18.5. The number of urea groups is 1. The van der Waals surface area contributed by atoms with Gasteiger partial charge in [0.1, 0.15) is 23.6 Å². The van der Waals surface area contributed by atoms with Gasteiger partial charge in [-0.1, -0.05) is 31.5 Å². The van der Waals surface area contributed by atoms with Gasteiger partial charge in [-0.2, -0.15) is 26.3 Å². The molecule has 0 aliphatic carbocycles. The van der Waals surface area contributed by atoms with Crippen molar-refractivity contribution in [1.82, 2.24) is 10.2 Å². The molecule has 3 rings (SSSR count). The molecule has 0 aromatic heterocycles. The number of nitrogens with one attached hydrogen (secondary N) is 1. The maximum Gasteiger partial charge on any atom is 0.430 e. The minimum absolute atomic E-state index is 0.00216. The fourth-order valence-electron chi connectivity index (χ4n) is 4.38. The summed E-state index contributed by atoms with van der Waals surface area (Å²) in [5.74, 6) is -0.0155. The van der Waals surface area contributed by atoms with Crippen molar-refractivity contribution >= 4 is 11.9 Å². The first-order valence-electron chi connectivity index (χ1n) is 12.5. The zero-order valence-corrected chi connectivity index (χ0v) is 22.2. The van der Waals surface area contributed by atoms with Crippen molar-refractivity contribution < 1.29 is 50.5 Å². The Labute approximate surface area is 227 Å². The number of carbonyl (C=O) groups excluding carboxylic acids is 2. The lowest BCUT2D eigenvalue weighted by Gasteiger charge is -2.33. The molecule has 1 heterocycles. The summed E-state index contributed by atoms with van der Waals surface area (Å²) in [5.41, 5.74) is -7.32. The van der Waals surface area contributed by atoms with Crippen LogP contribution in [0.4, 0.5) is 31.1 Å². The average Bonchev–Trinajstić information content (AvgIpc) is 3.06. The Morgan fingerprint density at radius 1 is 1.00 bits per heavy atom. The number of hydrogen-bond donors (Lipinski definition) is 2. The second-order valence-corrected chi connectivity index (χ2v) is 9.83. The van der Waals surface area contributed by atoms with Crippen molar-refractivity contribution in [2.45, 2.75) is 70.1 Å². The van der Waals surface area contributed by atoms with Gasteiger partial charge in [0.05, 0.1) is 12.6 Å². The molecular formula is C27H30F6N2O5. The van der Waals surface area contributed by atoms with Crippen molar-refractivity contribution in [3.63, 3.8) is 0 Å². The average molecular weight is 577 g/mol. The summed E-state index contributed by atoms with van der Waals surface area (Å²) >= 11 is 0. The first kappa shape index (κ1) is 31.1. The minimum Gasteiger partial charge on any atom is -0.491 e. The number of aliphatic hydroxyl groups is 1. The molecule has 0 spiro atoms. The van der Waals surface area contributed by atoms with E-state index in [0.29, 0.717) is 29.9 Å². The van der Waals surface area contributed by atoms with Gasteiger partial charge in [0.2, 0.25) is 0 Å². The van der Waals surface area contributed by atoms with Crippen LogP contribution in [0, 0.1) is 0 Å². The van der Waals surface area contributed by atoms with Gasteiger partial charge in [0, 0.05) is 5.56 Å². The quantitative estimate of drug-likeness (QED) is 0.285. The molecule has 2 aromatic rings. The second-order valence-electron chi connectivity index (χ2n) is 9.83. The number of carbonyl (C=O) groups is 2. The van der Waals surface area contributed by atoms with E-state index >= 15 is 0 Å². The summed E-state index contributed by atoms with van der Waals surface area (Å²) < 4.78 is 91.1. The van der Waals surface area contributed by atoms with Gasteiger partial charge in [-0.3, -0.25) is 9.69 Å². The van der Waals surface area contributed by atoms with Crippen LogP contribution in [0.5, 0.6) is 11.5 Å². The molecule has 220 valence electrons. The number of halogens is 6. The number of imide groups is 1. The van der Waals surface area contributed by atoms with Gasteiger partial charge in [-0.25, -0.2) is 4.79 Å². The molecule has 1 aliphatic heterocycles. The minimum atomic E-state index is -6.02. The summed E-state index contributed by atoms with van der Waals surface area (Å²) in [5, 5.41) is 12.4. The Hall–Kier alpha value is -3.48. The van der Waals surface area contributed by atoms with Crippen LogP contribution in [0.1, 0.15) is 50.8 Å². The highest BCUT2D eigenvalue weighted by atomic mass is 19.4. The molecule has 40 heavy (non-hydrogen) atoms. The highest BCUT2D eigenvalue weighted by Gasteiger charge is 2.71. The van der Waals surface area contributed by atoms with Gasteiger partial charge in [0.15, 0.2) is 0 Å². The zero-order valence-electron chi connectivity index (χ0n) is 22.2. The maximum absolute atomic E-state index is 13.3. The van der Waals surface area contributed by atoms with Crippen molar-refractivity contribution in [2.75, 3.05) is 13.2 Å². The predicted molar refractivity (Wildman–Crippen MR) is 132 cm³/mol. The molecule has 2 aromatic carbocycles. The molecule has 1 fully saturated rings. The monoisotopic (exact) mass is 576 g/mol. The number of rotatable bonds is 10. The topological polar surface area (TPSA) is 88.1 Å². The highest BCUT2D eigenvalue weighted by Crippen LogP contribution is 2.50. The van der Waals surface area contributed by atoms with Crippen LogP contribution >= 0.6 is 0 Å². The van der Waals surface area contributed by atoms with E-state index < -0.39 is 41.0 Å². The Balaban J connectivity index is 1.76. The molecule has 0 saturated carbocycles. The number of amides is 3. The lowest BCUT2D eigenvalue weighted by Crippen LogP contribution is -2.53. The summed E-state index contributed by atoms with van der Waals surface area (Å²) in [6.07, 6.45) is -11.7. The maximum atomic E-state index is 13.3. The molecule has 1 aliphatic rings. The van der Waals surface area contributed by atoms with Crippen molar-refractivity contribution in [3.8, 4) is 11.5 Å². The van der Waals surface area contributed by atoms with Gasteiger partial charge in [0.25, 0.3) is 11.5 Å². The summed E-state index contributed by atoms with van der Waals surface area (Å²) in [4.78, 5) is 26.7. The van der Waals surface area contributed by atoms with E-state index in [1.165, 1.54) is 6.92 Å². The third-order valence-corrected chi connectivity index (χ3v) is 6.47. The molecule has 1 atom stereocenters. The van der Waals surface area contributed by atoms with Crippen LogP contribution in [0.25, 0.3) is 0 Å². The smallest absolute Gasteiger partial charge is 0.430 e. The van der Waals surface area contributed by atoms with Crippen molar-refractivity contribution in [2.24, 2.45) is 0 Å². The van der Waals surface area contributed by atoms with E-state index in [-0.39, 0.29) is 37.0 Å². The van der Waals surface area contributed by atoms with Gasteiger partial charge in [-0.05, 0) is 62.6 Å². The van der Waals surface area contributed by atoms with Gasteiger partial charge < -0.3 is 19.9 Å². The molecule has 1 unspecified atom stereocenters. The molecule has 1 saturated heterocycles. The van der Waals surface area contributed by atoms with Crippen molar-refractivity contribution in [1.29, 1.82) is 0 Å². The van der Waals surface area contributed by atoms with Gasteiger partial charge in [-0.15, -0.1) is 0 Å². The number of hydrogen-bond acceptors (Lipinski definition) is 5. The lowest BCUT2D eigenvalue weighted by atomic mass is 9.90. The molecule has 0 bridgehead atoms. The SMILES string of the molecule is CCCc1cc(C(O)(C(F)(F)F)C(F)(F)F)ccc1OCCN1C(=O)NC(C)(c2ccc(OC(C)C)cc2)C1=O. The molecule has 13 heteroatoms. The van der Waals surface area contributed by atoms with E-state index in [0.717, 1.165) is 11.0 Å². The second kappa shape index (κ2) is 11.2. The first-order valence-corrected chi connectivity index (χ1v) is 12.5. The number of alkyl halides is 6. The number of aryl methyl sites for hydroxylation is 1. The fourth-order valence-corrected chi connectivity index (χ4v) is 4.38. The third-order valence-electron chi connectivity index (χ3n) is 6.47. The van der Waals surface area contributed by atoms with E-state index in [4.69, 9.17) is 9.47 Å². The standard InChI is InChI=1S/C27H30F6N2O5/c1-5-6-17-15-19(25(38,26(28,29)30)27(31,32)33)9-12-21(17)39-14-13-35-22(36)24(4,34-23(35)37)18-7-10-20(11-8-18)40-16(2)3/h7-12,15-16,38H,5-6,13-14H2,1-4H3,(H,34,37). The Morgan fingerprint density at radius 2 is 1.60 bits per heavy atom. The van der Waals surface area contributed by atoms with Crippen LogP contribution < -0.4 is 14.8 Å². The lowest BCUT2D eigenvalue weighted by molar-refractivity contribution is -0.376. The molecule has 7 nitrogen and oxygen atoms in total. The van der Waals surface area contributed by atoms with E-state index in [2.05, 4.69) is 5.32 Å². The Kier molecular flexibility index (Phi) is 8.68. The summed E-state index contributed by atoms with van der Waals surface area (Å²) in [7, 11) is 0. The molecule has 2 N–H and O–H groups in total. The number of benzene rings is 2. The predicted octanol–water partition coefficient (Wildman–Crippen LogP) is 5.58. The normalized spacial score (nSPS) is 18.4. The van der Waals surface area contributed by atoms with Gasteiger partial charge >= 0.3 is 18.4 Å². The van der Waals surface area contributed by atoms with Crippen LogP contribution in [-0.2, 0) is 22.4 Å². The number of nitrogens with zero attached hydrogens (tertiary/aromatic N) is 1. The van der Waals surface area contributed by atoms with E-state index in [1.807, 2.05) is 13.8 Å². The molecular weight excluding hydrogens is 546 g/mol. The van der Waals surface area contributed by atoms with Crippen LogP contribution in [0.15, 0.2) is 42.5 Å². The van der Waals surface area contributed by atoms with E-state index in [9.17, 15) is 41.0 Å². The summed E-state index contributed by atoms with van der Waals surface area (Å²) in [6.45, 7) is 6.39. The van der Waals surface area contributed by atoms with Crippen LogP contribution in [0.3, 0.4) is 0 Å². The zero-order chi connectivity index (χ0) is 30.1. The van der Waals surface area contributed by atoms with Crippen LogP contribution in [0.2, 0.25) is 0 Å². The van der Waals surface area contributed by atoms with E-state index in [1.54, 1.807) is 31.2 Å². The fraction of sp³-hybridized carbons (Fsp3) is 0.481. The Bertz CT molecular complexity index is 1220. The largest absolute Gasteiger partial charge is 0.491 e. The Morgan fingerprint density at radius 3 is 2.12 bits per heavy atom.